The zero-order valence-corrected chi connectivity index (χ0v) is 57.6. The van der Waals surface area contributed by atoms with Gasteiger partial charge in [0.2, 0.25) is 5.91 Å². The Hall–Kier alpha value is -1.92. The number of aliphatic hydroxyl groups excluding tert-OH is 2. The van der Waals surface area contributed by atoms with Crippen molar-refractivity contribution in [3.63, 3.8) is 0 Å². The number of ether oxygens (including phenoxy) is 1. The van der Waals surface area contributed by atoms with Crippen molar-refractivity contribution in [2.75, 3.05) is 13.2 Å². The largest absolute Gasteiger partial charge is 0.466 e. The molecule has 85 heavy (non-hydrogen) atoms. The van der Waals surface area contributed by atoms with Crippen LogP contribution in [0.15, 0.2) is 36.5 Å². The van der Waals surface area contributed by atoms with E-state index in [4.69, 9.17) is 4.74 Å². The Labute approximate surface area is 532 Å². The summed E-state index contributed by atoms with van der Waals surface area (Å²) in [4.78, 5) is 24.6. The van der Waals surface area contributed by atoms with Crippen molar-refractivity contribution in [3.05, 3.63) is 36.5 Å². The van der Waals surface area contributed by atoms with Crippen LogP contribution in [0.4, 0.5) is 0 Å². The van der Waals surface area contributed by atoms with E-state index in [0.717, 1.165) is 51.4 Å². The van der Waals surface area contributed by atoms with Gasteiger partial charge in [-0.2, -0.15) is 0 Å². The van der Waals surface area contributed by atoms with Crippen LogP contribution in [-0.4, -0.2) is 47.4 Å². The molecule has 6 nitrogen and oxygen atoms in total. The molecule has 0 aliphatic carbocycles. The number of carbonyl (C=O) groups excluding carboxylic acids is 2. The van der Waals surface area contributed by atoms with Crippen LogP contribution in [0.25, 0.3) is 0 Å². The van der Waals surface area contributed by atoms with Crippen molar-refractivity contribution < 1.29 is 24.5 Å². The predicted octanol–water partition coefficient (Wildman–Crippen LogP) is 25.4. The van der Waals surface area contributed by atoms with E-state index in [9.17, 15) is 19.8 Å². The van der Waals surface area contributed by atoms with E-state index in [1.165, 1.54) is 347 Å². The van der Waals surface area contributed by atoms with Crippen LogP contribution in [0.5, 0.6) is 0 Å². The molecule has 0 spiro atoms. The zero-order chi connectivity index (χ0) is 61.3. The summed E-state index contributed by atoms with van der Waals surface area (Å²) in [6.45, 7) is 4.93. The zero-order valence-electron chi connectivity index (χ0n) is 57.6. The normalized spacial score (nSPS) is 12.7. The number of allylic oxidation sites excluding steroid dienone is 6. The smallest absolute Gasteiger partial charge is 0.305 e. The van der Waals surface area contributed by atoms with Gasteiger partial charge in [0.25, 0.3) is 0 Å². The molecule has 502 valence electrons. The molecule has 0 fully saturated rings. The molecule has 0 saturated carbocycles. The number of rotatable bonds is 73. The van der Waals surface area contributed by atoms with Gasteiger partial charge in [0.1, 0.15) is 0 Å². The molecule has 0 aromatic heterocycles. The molecule has 2 atom stereocenters. The van der Waals surface area contributed by atoms with Gasteiger partial charge < -0.3 is 20.3 Å². The number of esters is 1. The van der Waals surface area contributed by atoms with E-state index in [1.54, 1.807) is 0 Å². The Morgan fingerprint density at radius 2 is 0.612 bits per heavy atom. The van der Waals surface area contributed by atoms with Crippen molar-refractivity contribution in [1.82, 2.24) is 5.32 Å². The highest BCUT2D eigenvalue weighted by molar-refractivity contribution is 5.76. The first-order valence-corrected chi connectivity index (χ1v) is 38.7. The highest BCUT2D eigenvalue weighted by atomic mass is 16.5. The molecule has 0 aliphatic rings. The first kappa shape index (κ1) is 83.1. The molecule has 0 aromatic rings. The van der Waals surface area contributed by atoms with Crippen LogP contribution < -0.4 is 5.32 Å². The first-order chi connectivity index (χ1) is 42.0. The van der Waals surface area contributed by atoms with Gasteiger partial charge in [-0.3, -0.25) is 9.59 Å². The van der Waals surface area contributed by atoms with Crippen molar-refractivity contribution in [2.45, 2.75) is 443 Å². The third-order valence-electron chi connectivity index (χ3n) is 18.1. The second-order valence-electron chi connectivity index (χ2n) is 26.7. The maximum absolute atomic E-state index is 12.5. The molecule has 3 N–H and O–H groups in total. The third-order valence-corrected chi connectivity index (χ3v) is 18.1. The first-order valence-electron chi connectivity index (χ1n) is 38.7. The SMILES string of the molecule is CCC/C=C\C/C=C\CCCCCCCC(=O)OCCCCCCCCCCCCCCCCCC/C=C\CCCCCCCCCCCCCCCCCCCC(=O)NC(CO)C(O)CCCCCCCCCCCCCCCCCCCC. The number of unbranched alkanes of at least 4 members (excludes halogenated alkanes) is 56. The number of aliphatic hydroxyl groups is 2. The van der Waals surface area contributed by atoms with Crippen LogP contribution in [0.1, 0.15) is 431 Å². The molecular weight excluding hydrogens is 1040 g/mol. The Kier molecular flexibility index (Phi) is 72.9. The Morgan fingerprint density at radius 3 is 0.953 bits per heavy atom. The highest BCUT2D eigenvalue weighted by Gasteiger charge is 2.20. The van der Waals surface area contributed by atoms with Gasteiger partial charge in [0.15, 0.2) is 0 Å². The monoisotopic (exact) mass is 1190 g/mol. The van der Waals surface area contributed by atoms with E-state index in [-0.39, 0.29) is 18.5 Å². The fourth-order valence-corrected chi connectivity index (χ4v) is 12.3. The van der Waals surface area contributed by atoms with Gasteiger partial charge in [-0.05, 0) is 77.0 Å². The minimum absolute atomic E-state index is 0.00646. The van der Waals surface area contributed by atoms with Crippen LogP contribution in [0, 0.1) is 0 Å². The molecule has 0 rings (SSSR count). The lowest BCUT2D eigenvalue weighted by molar-refractivity contribution is -0.143. The maximum atomic E-state index is 12.5. The second kappa shape index (κ2) is 74.5. The topological polar surface area (TPSA) is 95.9 Å². The fraction of sp³-hybridized carbons (Fsp3) is 0.899. The van der Waals surface area contributed by atoms with Gasteiger partial charge in [0.05, 0.1) is 25.4 Å². The molecule has 1 amide bonds. The molecule has 2 unspecified atom stereocenters. The van der Waals surface area contributed by atoms with E-state index in [1.807, 2.05) is 0 Å². The van der Waals surface area contributed by atoms with Crippen molar-refractivity contribution in [3.8, 4) is 0 Å². The van der Waals surface area contributed by atoms with Crippen LogP contribution in [0.3, 0.4) is 0 Å². The minimum Gasteiger partial charge on any atom is -0.466 e. The molecule has 0 aliphatic heterocycles. The number of carbonyl (C=O) groups is 2. The molecule has 0 heterocycles. The summed E-state index contributed by atoms with van der Waals surface area (Å²) in [6, 6.07) is -0.539. The third kappa shape index (κ3) is 71.0. The number of hydrogen-bond acceptors (Lipinski definition) is 5. The lowest BCUT2D eigenvalue weighted by atomic mass is 10.0. The average Bonchev–Trinajstić information content (AvgIpc) is 3.51. The van der Waals surface area contributed by atoms with Gasteiger partial charge in [0, 0.05) is 12.8 Å². The molecule has 0 saturated heterocycles. The molecule has 0 bridgehead atoms. The summed E-state index contributed by atoms with van der Waals surface area (Å²) in [5.41, 5.74) is 0. The summed E-state index contributed by atoms with van der Waals surface area (Å²) < 4.78 is 5.48. The summed E-state index contributed by atoms with van der Waals surface area (Å²) in [5.74, 6) is -0.0203. The summed E-state index contributed by atoms with van der Waals surface area (Å²) in [5, 5.41) is 23.4. The van der Waals surface area contributed by atoms with Crippen LogP contribution >= 0.6 is 0 Å². The Bertz CT molecular complexity index is 1380. The predicted molar refractivity (Wildman–Crippen MR) is 375 cm³/mol. The van der Waals surface area contributed by atoms with E-state index < -0.39 is 12.1 Å². The Balaban J connectivity index is 3.33. The lowest BCUT2D eigenvalue weighted by Gasteiger charge is -2.22. The fourth-order valence-electron chi connectivity index (χ4n) is 12.3. The highest BCUT2D eigenvalue weighted by Crippen LogP contribution is 2.20. The molecule has 6 heteroatoms. The van der Waals surface area contributed by atoms with Crippen molar-refractivity contribution in [2.24, 2.45) is 0 Å². The van der Waals surface area contributed by atoms with Crippen molar-refractivity contribution >= 4 is 11.9 Å². The summed E-state index contributed by atoms with van der Waals surface area (Å²) in [6.07, 6.45) is 96.7. The van der Waals surface area contributed by atoms with Gasteiger partial charge in [-0.15, -0.1) is 0 Å². The van der Waals surface area contributed by atoms with Gasteiger partial charge in [-0.1, -0.05) is 378 Å². The molecule has 0 aromatic carbocycles. The van der Waals surface area contributed by atoms with Crippen LogP contribution in [0.2, 0.25) is 0 Å². The molecule has 0 radical (unpaired) electrons. The molecular formula is C79H151NO5. The van der Waals surface area contributed by atoms with E-state index >= 15 is 0 Å². The maximum Gasteiger partial charge on any atom is 0.305 e. The quantitative estimate of drug-likeness (QED) is 0.0320. The average molecular weight is 1200 g/mol. The van der Waals surface area contributed by atoms with Gasteiger partial charge in [-0.25, -0.2) is 0 Å². The standard InChI is InChI=1S/C79H151NO5/c1-3-5-7-9-11-13-15-17-18-19-41-44-48-51-55-59-63-67-71-77(82)76(75-81)80-78(83)72-68-64-60-56-52-49-45-42-39-37-35-33-31-29-27-25-23-21-20-22-24-26-28-30-32-34-36-38-40-43-46-50-54-58-62-66-70-74-85-79(84)73-69-65-61-57-53-47-16-14-12-10-8-6-4-2/h8,10,14,16,20,22,76-77,81-82H,3-7,9,11-13,15,17-19,21,23-75H2,1-2H3,(H,80,83)/b10-8-,16-14-,22-20-. The number of nitrogens with one attached hydrogen (secondary N) is 1. The van der Waals surface area contributed by atoms with E-state index in [2.05, 4.69) is 55.6 Å². The van der Waals surface area contributed by atoms with Crippen molar-refractivity contribution in [1.29, 1.82) is 0 Å². The number of amides is 1. The van der Waals surface area contributed by atoms with Gasteiger partial charge >= 0.3 is 5.97 Å². The lowest BCUT2D eigenvalue weighted by Crippen LogP contribution is -2.45. The Morgan fingerprint density at radius 1 is 0.329 bits per heavy atom. The summed E-state index contributed by atoms with van der Waals surface area (Å²) in [7, 11) is 0. The van der Waals surface area contributed by atoms with E-state index in [0.29, 0.717) is 25.9 Å². The minimum atomic E-state index is -0.662. The number of hydrogen-bond donors (Lipinski definition) is 3. The second-order valence-corrected chi connectivity index (χ2v) is 26.7. The summed E-state index contributed by atoms with van der Waals surface area (Å²) >= 11 is 0. The van der Waals surface area contributed by atoms with Crippen LogP contribution in [-0.2, 0) is 14.3 Å².